The minimum absolute atomic E-state index is 0.191. The average Bonchev–Trinajstić information content (AvgIpc) is 3.19. The van der Waals surface area contributed by atoms with Crippen LogP contribution in [0.25, 0.3) is 0 Å². The highest BCUT2D eigenvalue weighted by molar-refractivity contribution is 5.36. The lowest BCUT2D eigenvalue weighted by molar-refractivity contribution is -0.385. The van der Waals surface area contributed by atoms with Crippen LogP contribution in [0.3, 0.4) is 0 Å². The molecular weight excluding hydrogens is 254 g/mol. The molecule has 1 aromatic carbocycles. The molecule has 5 nitrogen and oxygen atoms in total. The van der Waals surface area contributed by atoms with E-state index < -0.39 is 0 Å². The molecule has 1 saturated heterocycles. The first-order chi connectivity index (χ1) is 9.65. The van der Waals surface area contributed by atoms with E-state index in [9.17, 15) is 10.1 Å². The van der Waals surface area contributed by atoms with Crippen molar-refractivity contribution in [1.29, 1.82) is 0 Å². The zero-order chi connectivity index (χ0) is 14.1. The minimum atomic E-state index is -0.310. The Morgan fingerprint density at radius 1 is 1.40 bits per heavy atom. The van der Waals surface area contributed by atoms with Gasteiger partial charge in [-0.1, -0.05) is 12.1 Å². The van der Waals surface area contributed by atoms with Gasteiger partial charge in [-0.25, -0.2) is 0 Å². The number of non-ortho nitro benzene ring substituents is 1. The van der Waals surface area contributed by atoms with Crippen LogP contribution in [0, 0.1) is 16.0 Å². The second kappa shape index (κ2) is 5.50. The molecule has 1 N–H and O–H groups in total. The first-order valence-electron chi connectivity index (χ1n) is 7.33. The largest absolute Gasteiger partial charge is 0.314 e. The molecule has 0 radical (unpaired) electrons. The normalized spacial score (nSPS) is 26.9. The second-order valence-electron chi connectivity index (χ2n) is 6.01. The van der Waals surface area contributed by atoms with E-state index in [1.54, 1.807) is 18.2 Å². The third-order valence-electron chi connectivity index (χ3n) is 4.44. The van der Waals surface area contributed by atoms with E-state index >= 15 is 0 Å². The lowest BCUT2D eigenvalue weighted by atomic mass is 9.93. The van der Waals surface area contributed by atoms with E-state index in [1.165, 1.54) is 12.8 Å². The Hall–Kier alpha value is -1.46. The van der Waals surface area contributed by atoms with Crippen LogP contribution in [0.4, 0.5) is 5.69 Å². The monoisotopic (exact) mass is 275 g/mol. The van der Waals surface area contributed by atoms with Gasteiger partial charge in [0, 0.05) is 30.8 Å². The van der Waals surface area contributed by atoms with Gasteiger partial charge in [0.25, 0.3) is 5.69 Å². The van der Waals surface area contributed by atoms with E-state index in [1.807, 2.05) is 6.07 Å². The zero-order valence-electron chi connectivity index (χ0n) is 11.8. The third kappa shape index (κ3) is 2.83. The molecule has 1 heterocycles. The lowest BCUT2D eigenvalue weighted by Gasteiger charge is -2.25. The highest BCUT2D eigenvalue weighted by atomic mass is 16.6. The van der Waals surface area contributed by atoms with Gasteiger partial charge in [0.05, 0.1) is 4.92 Å². The van der Waals surface area contributed by atoms with Crippen LogP contribution in [0.2, 0.25) is 0 Å². The summed E-state index contributed by atoms with van der Waals surface area (Å²) in [5, 5.41) is 14.5. The molecule has 2 fully saturated rings. The predicted octanol–water partition coefficient (Wildman–Crippen LogP) is 2.34. The van der Waals surface area contributed by atoms with Gasteiger partial charge in [0.2, 0.25) is 0 Å². The van der Waals surface area contributed by atoms with Crippen LogP contribution < -0.4 is 5.32 Å². The summed E-state index contributed by atoms with van der Waals surface area (Å²) in [7, 11) is 2.11. The molecule has 0 spiro atoms. The number of nitrogens with one attached hydrogen (secondary N) is 1. The Morgan fingerprint density at radius 2 is 2.20 bits per heavy atom. The Labute approximate surface area is 119 Å². The number of nitro benzene ring substituents is 1. The predicted molar refractivity (Wildman–Crippen MR) is 77.6 cm³/mol. The number of likely N-dealkylation sites (tertiary alicyclic amines) is 1. The summed E-state index contributed by atoms with van der Waals surface area (Å²) in [6.07, 6.45) is 3.75. The van der Waals surface area contributed by atoms with Crippen LogP contribution in [0.15, 0.2) is 24.3 Å². The maximum absolute atomic E-state index is 10.9. The molecule has 0 aromatic heterocycles. The van der Waals surface area contributed by atoms with E-state index in [2.05, 4.69) is 17.3 Å². The number of hydrogen-bond donors (Lipinski definition) is 1. The lowest BCUT2D eigenvalue weighted by Crippen LogP contribution is -2.29. The van der Waals surface area contributed by atoms with Crippen LogP contribution in [0.5, 0.6) is 0 Å². The van der Waals surface area contributed by atoms with Gasteiger partial charge in [0.15, 0.2) is 0 Å². The van der Waals surface area contributed by atoms with Crippen molar-refractivity contribution in [3.05, 3.63) is 39.9 Å². The number of hydrogen-bond acceptors (Lipinski definition) is 4. The Kier molecular flexibility index (Phi) is 3.72. The molecule has 2 aliphatic rings. The van der Waals surface area contributed by atoms with E-state index in [0.29, 0.717) is 18.0 Å². The van der Waals surface area contributed by atoms with Crippen molar-refractivity contribution >= 4 is 5.69 Å². The standard InChI is InChI=1S/C15H21N3O2/c1-17-8-7-12(10-16-13-5-6-13)15(17)11-3-2-4-14(9-11)18(19)20/h2-4,9,12-13,15-16H,5-8,10H2,1H3. The van der Waals surface area contributed by atoms with Crippen LogP contribution >= 0.6 is 0 Å². The molecule has 1 aliphatic carbocycles. The smallest absolute Gasteiger partial charge is 0.269 e. The van der Waals surface area contributed by atoms with E-state index in [4.69, 9.17) is 0 Å². The maximum atomic E-state index is 10.9. The van der Waals surface area contributed by atoms with Crippen molar-refractivity contribution in [3.8, 4) is 0 Å². The Balaban J connectivity index is 1.77. The Bertz CT molecular complexity index is 502. The van der Waals surface area contributed by atoms with Gasteiger partial charge in [-0.3, -0.25) is 15.0 Å². The number of nitro groups is 1. The van der Waals surface area contributed by atoms with E-state index in [-0.39, 0.29) is 10.6 Å². The fourth-order valence-electron chi connectivity index (χ4n) is 3.19. The first kappa shape index (κ1) is 13.5. The van der Waals surface area contributed by atoms with Crippen LogP contribution in [0.1, 0.15) is 30.9 Å². The van der Waals surface area contributed by atoms with Gasteiger partial charge in [-0.2, -0.15) is 0 Å². The van der Waals surface area contributed by atoms with Crippen molar-refractivity contribution < 1.29 is 4.92 Å². The summed E-state index contributed by atoms with van der Waals surface area (Å²) in [5.74, 6) is 0.544. The van der Waals surface area contributed by atoms with Gasteiger partial charge >= 0.3 is 0 Å². The molecule has 1 saturated carbocycles. The van der Waals surface area contributed by atoms with Gasteiger partial charge in [0.1, 0.15) is 0 Å². The first-order valence-corrected chi connectivity index (χ1v) is 7.33. The Morgan fingerprint density at radius 3 is 2.90 bits per heavy atom. The number of rotatable bonds is 5. The second-order valence-corrected chi connectivity index (χ2v) is 6.01. The SMILES string of the molecule is CN1CCC(CNC2CC2)C1c1cccc([N+](=O)[O-])c1. The van der Waals surface area contributed by atoms with Crippen molar-refractivity contribution in [2.45, 2.75) is 31.3 Å². The molecular formula is C15H21N3O2. The van der Waals surface area contributed by atoms with Crippen LogP contribution in [-0.2, 0) is 0 Å². The topological polar surface area (TPSA) is 58.4 Å². The molecule has 0 amide bonds. The highest BCUT2D eigenvalue weighted by Gasteiger charge is 2.34. The average molecular weight is 275 g/mol. The summed E-state index contributed by atoms with van der Waals surface area (Å²) in [5.41, 5.74) is 1.26. The van der Waals surface area contributed by atoms with Crippen molar-refractivity contribution in [1.82, 2.24) is 10.2 Å². The van der Waals surface area contributed by atoms with Crippen LogP contribution in [-0.4, -0.2) is 36.0 Å². The van der Waals surface area contributed by atoms with Crippen molar-refractivity contribution in [3.63, 3.8) is 0 Å². The molecule has 5 heteroatoms. The van der Waals surface area contributed by atoms with Gasteiger partial charge < -0.3 is 5.32 Å². The molecule has 2 atom stereocenters. The zero-order valence-corrected chi connectivity index (χ0v) is 11.8. The van der Waals surface area contributed by atoms with Gasteiger partial charge in [-0.05, 0) is 44.3 Å². The highest BCUT2D eigenvalue weighted by Crippen LogP contribution is 2.37. The molecule has 108 valence electrons. The summed E-state index contributed by atoms with van der Waals surface area (Å²) in [6, 6.07) is 8.12. The summed E-state index contributed by atoms with van der Waals surface area (Å²) < 4.78 is 0. The van der Waals surface area contributed by atoms with Gasteiger partial charge in [-0.15, -0.1) is 0 Å². The number of benzene rings is 1. The summed E-state index contributed by atoms with van der Waals surface area (Å²) >= 11 is 0. The van der Waals surface area contributed by atoms with Crippen molar-refractivity contribution in [2.75, 3.05) is 20.1 Å². The maximum Gasteiger partial charge on any atom is 0.269 e. The molecule has 2 unspecified atom stereocenters. The molecule has 1 aliphatic heterocycles. The summed E-state index contributed by atoms with van der Waals surface area (Å²) in [4.78, 5) is 12.9. The number of nitrogens with zero attached hydrogens (tertiary/aromatic N) is 2. The van der Waals surface area contributed by atoms with Crippen molar-refractivity contribution in [2.24, 2.45) is 5.92 Å². The fraction of sp³-hybridized carbons (Fsp3) is 0.600. The fourth-order valence-corrected chi connectivity index (χ4v) is 3.19. The molecule has 1 aromatic rings. The third-order valence-corrected chi connectivity index (χ3v) is 4.44. The quantitative estimate of drug-likeness (QED) is 0.662. The molecule has 0 bridgehead atoms. The minimum Gasteiger partial charge on any atom is -0.314 e. The molecule has 3 rings (SSSR count). The summed E-state index contributed by atoms with van der Waals surface area (Å²) in [6.45, 7) is 2.08. The van der Waals surface area contributed by atoms with E-state index in [0.717, 1.165) is 25.1 Å². The molecule has 20 heavy (non-hydrogen) atoms.